The second-order valence-electron chi connectivity index (χ2n) is 6.38. The number of rotatable bonds is 6. The van der Waals surface area contributed by atoms with Gasteiger partial charge in [0, 0.05) is 33.0 Å². The number of aromatic nitrogens is 2. The van der Waals surface area contributed by atoms with Crippen LogP contribution in [0.1, 0.15) is 26.1 Å². The van der Waals surface area contributed by atoms with Gasteiger partial charge in [-0.2, -0.15) is 0 Å². The van der Waals surface area contributed by atoms with Crippen LogP contribution in [0, 0.1) is 0 Å². The first kappa shape index (κ1) is 18.6. The fourth-order valence-electron chi connectivity index (χ4n) is 2.57. The normalized spacial score (nSPS) is 10.9. The molecule has 2 aromatic rings. The van der Waals surface area contributed by atoms with Crippen molar-refractivity contribution in [2.75, 3.05) is 13.6 Å². The lowest BCUT2D eigenvalue weighted by Gasteiger charge is -2.18. The van der Waals surface area contributed by atoms with Crippen LogP contribution in [0.25, 0.3) is 10.9 Å². The summed E-state index contributed by atoms with van der Waals surface area (Å²) in [6.07, 6.45) is 0.523. The van der Waals surface area contributed by atoms with Gasteiger partial charge in [-0.3, -0.25) is 19.0 Å². The van der Waals surface area contributed by atoms with Gasteiger partial charge in [-0.15, -0.1) is 0 Å². The zero-order valence-electron chi connectivity index (χ0n) is 15.1. The molecule has 25 heavy (non-hydrogen) atoms. The van der Waals surface area contributed by atoms with Crippen LogP contribution in [-0.4, -0.2) is 45.9 Å². The van der Waals surface area contributed by atoms with Crippen LogP contribution in [0.5, 0.6) is 0 Å². The summed E-state index contributed by atoms with van der Waals surface area (Å²) in [6.45, 7) is 3.75. The van der Waals surface area contributed by atoms with Crippen molar-refractivity contribution < 1.29 is 9.59 Å². The summed E-state index contributed by atoms with van der Waals surface area (Å²) < 4.78 is 1.47. The first-order valence-corrected chi connectivity index (χ1v) is 8.27. The lowest BCUT2D eigenvalue weighted by atomic mass is 10.2. The Kier molecular flexibility index (Phi) is 5.90. The number of likely N-dealkylation sites (N-methyl/N-ethyl adjacent to an activating group) is 1. The van der Waals surface area contributed by atoms with E-state index in [0.29, 0.717) is 23.1 Å². The Bertz CT molecular complexity index is 842. The highest BCUT2D eigenvalue weighted by atomic mass is 16.2. The highest BCUT2D eigenvalue weighted by Crippen LogP contribution is 2.09. The maximum Gasteiger partial charge on any atom is 0.261 e. The predicted octanol–water partition coefficient (Wildman–Crippen LogP) is 0.849. The van der Waals surface area contributed by atoms with Gasteiger partial charge in [0.05, 0.1) is 17.4 Å². The van der Waals surface area contributed by atoms with Gasteiger partial charge in [0.15, 0.2) is 0 Å². The van der Waals surface area contributed by atoms with E-state index in [-0.39, 0.29) is 36.4 Å². The predicted molar refractivity (Wildman–Crippen MR) is 96.2 cm³/mol. The van der Waals surface area contributed by atoms with E-state index in [9.17, 15) is 14.4 Å². The topological polar surface area (TPSA) is 84.3 Å². The molecule has 0 unspecified atom stereocenters. The van der Waals surface area contributed by atoms with Crippen LogP contribution in [-0.2, 0) is 23.1 Å². The highest BCUT2D eigenvalue weighted by molar-refractivity contribution is 5.84. The number of nitrogens with one attached hydrogen (secondary N) is 1. The zero-order valence-corrected chi connectivity index (χ0v) is 15.1. The number of fused-ring (bicyclic) bond motifs is 1. The van der Waals surface area contributed by atoms with Gasteiger partial charge in [-0.25, -0.2) is 4.98 Å². The maximum absolute atomic E-state index is 12.4. The smallest absolute Gasteiger partial charge is 0.261 e. The standard InChI is InChI=1S/C18H24N4O3/c1-12(2)19-16(23)11-21(3)17(24)10-9-15-20-14-8-6-5-7-13(14)18(25)22(15)4/h5-8,12H,9-11H2,1-4H3,(H,19,23). The summed E-state index contributed by atoms with van der Waals surface area (Å²) in [5.41, 5.74) is 0.496. The molecule has 0 radical (unpaired) electrons. The number of hydrogen-bond acceptors (Lipinski definition) is 4. The van der Waals surface area contributed by atoms with Crippen molar-refractivity contribution in [2.24, 2.45) is 7.05 Å². The first-order chi connectivity index (χ1) is 11.8. The summed E-state index contributed by atoms with van der Waals surface area (Å²) in [6, 6.07) is 7.18. The van der Waals surface area contributed by atoms with Gasteiger partial charge < -0.3 is 10.2 Å². The quantitative estimate of drug-likeness (QED) is 0.842. The number of carbonyl (C=O) groups is 2. The SMILES string of the molecule is CC(C)NC(=O)CN(C)C(=O)CCc1nc2ccccc2c(=O)n1C. The van der Waals surface area contributed by atoms with Crippen molar-refractivity contribution in [1.29, 1.82) is 0 Å². The van der Waals surface area contributed by atoms with E-state index in [4.69, 9.17) is 0 Å². The fraction of sp³-hybridized carbons (Fsp3) is 0.444. The molecule has 1 aromatic carbocycles. The number of nitrogens with zero attached hydrogens (tertiary/aromatic N) is 3. The van der Waals surface area contributed by atoms with E-state index in [1.807, 2.05) is 19.9 Å². The molecule has 2 rings (SSSR count). The second kappa shape index (κ2) is 7.92. The Labute approximate surface area is 146 Å². The minimum absolute atomic E-state index is 0.0150. The fourth-order valence-corrected chi connectivity index (χ4v) is 2.57. The molecule has 0 saturated heterocycles. The Morgan fingerprint density at radius 3 is 2.64 bits per heavy atom. The van der Waals surface area contributed by atoms with Crippen molar-refractivity contribution >= 4 is 22.7 Å². The van der Waals surface area contributed by atoms with E-state index < -0.39 is 0 Å². The number of para-hydroxylation sites is 1. The molecule has 7 heteroatoms. The Morgan fingerprint density at radius 2 is 1.96 bits per heavy atom. The Morgan fingerprint density at radius 1 is 1.28 bits per heavy atom. The average Bonchev–Trinajstić information content (AvgIpc) is 2.55. The molecule has 0 fully saturated rings. The van der Waals surface area contributed by atoms with Gasteiger partial charge >= 0.3 is 0 Å². The maximum atomic E-state index is 12.4. The van der Waals surface area contributed by atoms with E-state index in [0.717, 1.165) is 0 Å². The Hall–Kier alpha value is -2.70. The number of carbonyl (C=O) groups excluding carboxylic acids is 2. The molecule has 1 aromatic heterocycles. The van der Waals surface area contributed by atoms with Crippen molar-refractivity contribution in [3.8, 4) is 0 Å². The summed E-state index contributed by atoms with van der Waals surface area (Å²) in [5, 5.41) is 3.31. The van der Waals surface area contributed by atoms with Crippen molar-refractivity contribution in [3.63, 3.8) is 0 Å². The third-order valence-corrected chi connectivity index (χ3v) is 3.89. The van der Waals surface area contributed by atoms with Crippen LogP contribution >= 0.6 is 0 Å². The monoisotopic (exact) mass is 344 g/mol. The molecule has 0 aliphatic heterocycles. The minimum atomic E-state index is -0.193. The number of amides is 2. The van der Waals surface area contributed by atoms with E-state index in [1.54, 1.807) is 32.3 Å². The molecule has 7 nitrogen and oxygen atoms in total. The lowest BCUT2D eigenvalue weighted by molar-refractivity contribution is -0.134. The average molecular weight is 344 g/mol. The molecule has 0 spiro atoms. The van der Waals surface area contributed by atoms with Crippen molar-refractivity contribution in [1.82, 2.24) is 19.8 Å². The number of hydrogen-bond donors (Lipinski definition) is 1. The van der Waals surface area contributed by atoms with Crippen LogP contribution in [0.2, 0.25) is 0 Å². The summed E-state index contributed by atoms with van der Waals surface area (Å²) in [7, 11) is 3.25. The van der Waals surface area contributed by atoms with Crippen LogP contribution < -0.4 is 10.9 Å². The number of benzene rings is 1. The molecule has 134 valence electrons. The first-order valence-electron chi connectivity index (χ1n) is 8.27. The molecular weight excluding hydrogens is 320 g/mol. The molecule has 1 N–H and O–H groups in total. The summed E-state index contributed by atoms with van der Waals surface area (Å²) in [5.74, 6) is 0.195. The molecule has 0 bridgehead atoms. The second-order valence-corrected chi connectivity index (χ2v) is 6.38. The highest BCUT2D eigenvalue weighted by Gasteiger charge is 2.15. The molecule has 0 atom stereocenters. The van der Waals surface area contributed by atoms with Crippen molar-refractivity contribution in [3.05, 3.63) is 40.4 Å². The summed E-state index contributed by atoms with van der Waals surface area (Å²) in [4.78, 5) is 42.2. The summed E-state index contributed by atoms with van der Waals surface area (Å²) >= 11 is 0. The molecule has 0 aliphatic rings. The van der Waals surface area contributed by atoms with Gasteiger partial charge in [0.1, 0.15) is 5.82 Å². The number of aryl methyl sites for hydroxylation is 1. The van der Waals surface area contributed by atoms with E-state index in [1.165, 1.54) is 9.47 Å². The van der Waals surface area contributed by atoms with E-state index in [2.05, 4.69) is 10.3 Å². The molecule has 0 saturated carbocycles. The van der Waals surface area contributed by atoms with Gasteiger partial charge in [0.25, 0.3) is 5.56 Å². The van der Waals surface area contributed by atoms with Crippen LogP contribution in [0.4, 0.5) is 0 Å². The third kappa shape index (κ3) is 4.65. The zero-order chi connectivity index (χ0) is 18.6. The third-order valence-electron chi connectivity index (χ3n) is 3.89. The van der Waals surface area contributed by atoms with Crippen molar-refractivity contribution in [2.45, 2.75) is 32.7 Å². The molecular formula is C18H24N4O3. The largest absolute Gasteiger partial charge is 0.352 e. The Balaban J connectivity index is 2.04. The van der Waals surface area contributed by atoms with Crippen LogP contribution in [0.15, 0.2) is 29.1 Å². The molecule has 0 aliphatic carbocycles. The van der Waals surface area contributed by atoms with Gasteiger partial charge in [-0.05, 0) is 26.0 Å². The van der Waals surface area contributed by atoms with Crippen LogP contribution in [0.3, 0.4) is 0 Å². The molecule has 1 heterocycles. The van der Waals surface area contributed by atoms with Gasteiger partial charge in [0.2, 0.25) is 11.8 Å². The lowest BCUT2D eigenvalue weighted by Crippen LogP contribution is -2.41. The molecule has 2 amide bonds. The minimum Gasteiger partial charge on any atom is -0.352 e. The van der Waals surface area contributed by atoms with E-state index >= 15 is 0 Å². The van der Waals surface area contributed by atoms with Gasteiger partial charge in [-0.1, -0.05) is 12.1 Å².